The molecule has 2 saturated heterocycles. The fraction of sp³-hybridized carbons (Fsp3) is 0.578. The van der Waals surface area contributed by atoms with Gasteiger partial charge in [-0.05, 0) is 121 Å². The molecule has 2 aromatic carbocycles. The summed E-state index contributed by atoms with van der Waals surface area (Å²) in [6, 6.07) is 6.47. The number of amides is 4. The fourth-order valence-electron chi connectivity index (χ4n) is 9.61. The zero-order chi connectivity index (χ0) is 42.7. The summed E-state index contributed by atoms with van der Waals surface area (Å²) in [5.41, 5.74) is 3.20. The van der Waals surface area contributed by atoms with Crippen molar-refractivity contribution in [3.05, 3.63) is 53.6 Å². The van der Waals surface area contributed by atoms with Gasteiger partial charge in [0, 0.05) is 48.7 Å². The number of fused-ring (bicyclic) bond motifs is 2. The van der Waals surface area contributed by atoms with Crippen LogP contribution in [0.25, 0.3) is 33.5 Å². The van der Waals surface area contributed by atoms with E-state index in [1.54, 1.807) is 40.1 Å². The summed E-state index contributed by atoms with van der Waals surface area (Å²) >= 11 is 0. The van der Waals surface area contributed by atoms with Gasteiger partial charge in [0.15, 0.2) is 5.82 Å². The van der Waals surface area contributed by atoms with Gasteiger partial charge in [0.05, 0.1) is 28.8 Å². The largest absolute Gasteiger partial charge is 0.352 e. The molecule has 2 aliphatic heterocycles. The van der Waals surface area contributed by atoms with Crippen LogP contribution in [0.5, 0.6) is 0 Å². The molecule has 15 heteroatoms. The van der Waals surface area contributed by atoms with Crippen LogP contribution >= 0.6 is 0 Å². The number of nitrogens with one attached hydrogen (secondary N) is 5. The summed E-state index contributed by atoms with van der Waals surface area (Å²) < 4.78 is 31.8. The average molecular weight is 830 g/mol. The molecule has 0 bridgehead atoms. The Labute approximate surface area is 350 Å². The maximum Gasteiger partial charge on any atom is 0.245 e. The lowest BCUT2D eigenvalue weighted by atomic mass is 9.83. The summed E-state index contributed by atoms with van der Waals surface area (Å²) in [6.07, 6.45) is 8.84. The minimum absolute atomic E-state index is 0.0465. The van der Waals surface area contributed by atoms with Crippen LogP contribution in [0, 0.1) is 17.6 Å². The maximum atomic E-state index is 14.9. The van der Waals surface area contributed by atoms with Gasteiger partial charge in [-0.15, -0.1) is 0 Å². The van der Waals surface area contributed by atoms with Crippen molar-refractivity contribution in [2.24, 2.45) is 5.92 Å². The van der Waals surface area contributed by atoms with Crippen LogP contribution in [-0.2, 0) is 32.1 Å². The monoisotopic (exact) mass is 829 g/mol. The second-order valence-electron chi connectivity index (χ2n) is 17.1. The molecule has 3 aliphatic rings. The fourth-order valence-corrected chi connectivity index (χ4v) is 9.61. The number of aromatic nitrogens is 3. The van der Waals surface area contributed by atoms with Crippen molar-refractivity contribution in [3.8, 4) is 11.5 Å². The predicted molar refractivity (Wildman–Crippen MR) is 228 cm³/mol. The van der Waals surface area contributed by atoms with Gasteiger partial charge in [-0.25, -0.2) is 13.8 Å². The molecular formula is C45H61F2N9O4. The Morgan fingerprint density at radius 3 is 2.12 bits per heavy atom. The summed E-state index contributed by atoms with van der Waals surface area (Å²) in [5, 5.41) is 12.8. The van der Waals surface area contributed by atoms with E-state index in [-0.39, 0.29) is 41.6 Å². The maximum absolute atomic E-state index is 14.9. The molecule has 7 rings (SSSR count). The Morgan fingerprint density at radius 1 is 0.800 bits per heavy atom. The van der Waals surface area contributed by atoms with Gasteiger partial charge in [0.25, 0.3) is 0 Å². The van der Waals surface area contributed by atoms with Crippen LogP contribution in [0.4, 0.5) is 8.78 Å². The number of hydrogen-bond donors (Lipinski definition) is 5. The Balaban J connectivity index is 1.24. The molecule has 1 aliphatic carbocycles. The highest BCUT2D eigenvalue weighted by Gasteiger charge is 2.40. The standard InChI is InChI=1S/C45H61F2N9O4/c1-6-35(52-42(57)26(2)48-4)44(59)54-20-10-14-31(54)24-34-33-18-16-29(46)22-36(33)50-40(34)41-51-37-23-30(47)17-19-38(37)56(41)25-32-15-11-21-55(32)45(60)39(28-12-8-7-9-13-28)53-43(58)27(3)49-5/h16-19,22-23,26-28,31-32,35,39,48-50H,6-15,20-21,24-25H2,1-5H3,(H,52,57)(H,53,58)/t26-,27-,31-,32-,35-,39-/m0/s1. The van der Waals surface area contributed by atoms with Gasteiger partial charge in [0.1, 0.15) is 23.7 Å². The lowest BCUT2D eigenvalue weighted by Gasteiger charge is -2.35. The summed E-state index contributed by atoms with van der Waals surface area (Å²) in [5.74, 6) is -0.929. The third-order valence-electron chi connectivity index (χ3n) is 13.3. The number of nitrogens with zero attached hydrogens (tertiary/aromatic N) is 4. The van der Waals surface area contributed by atoms with Gasteiger partial charge in [-0.1, -0.05) is 26.2 Å². The van der Waals surface area contributed by atoms with Crippen LogP contribution in [0.1, 0.15) is 90.5 Å². The van der Waals surface area contributed by atoms with Gasteiger partial charge in [0.2, 0.25) is 23.6 Å². The molecule has 0 unspecified atom stereocenters. The molecule has 13 nitrogen and oxygen atoms in total. The van der Waals surface area contributed by atoms with Gasteiger partial charge in [-0.2, -0.15) is 0 Å². The highest BCUT2D eigenvalue weighted by atomic mass is 19.1. The van der Waals surface area contributed by atoms with E-state index in [2.05, 4.69) is 26.3 Å². The van der Waals surface area contributed by atoms with E-state index in [1.165, 1.54) is 24.3 Å². The summed E-state index contributed by atoms with van der Waals surface area (Å²) in [7, 11) is 3.43. The van der Waals surface area contributed by atoms with Crippen molar-refractivity contribution in [2.75, 3.05) is 27.2 Å². The predicted octanol–water partition coefficient (Wildman–Crippen LogP) is 5.16. The number of H-pyrrole nitrogens is 1. The Kier molecular flexibility index (Phi) is 13.5. The number of rotatable bonds is 15. The second-order valence-corrected chi connectivity index (χ2v) is 17.1. The number of carbonyl (C=O) groups excluding carboxylic acids is 4. The van der Waals surface area contributed by atoms with Gasteiger partial charge < -0.3 is 40.6 Å². The molecule has 324 valence electrons. The van der Waals surface area contributed by atoms with E-state index >= 15 is 0 Å². The van der Waals surface area contributed by atoms with Crippen molar-refractivity contribution < 1.29 is 28.0 Å². The quantitative estimate of drug-likeness (QED) is 0.111. The van der Waals surface area contributed by atoms with Crippen LogP contribution in [0.3, 0.4) is 0 Å². The normalized spacial score (nSPS) is 20.7. The van der Waals surface area contributed by atoms with E-state index in [1.807, 2.05) is 21.3 Å². The van der Waals surface area contributed by atoms with Gasteiger partial charge in [-0.3, -0.25) is 19.2 Å². The summed E-state index contributed by atoms with van der Waals surface area (Å²) in [6.45, 7) is 6.87. The first-order valence-electron chi connectivity index (χ1n) is 21.9. The zero-order valence-corrected chi connectivity index (χ0v) is 35.6. The van der Waals surface area contributed by atoms with Crippen LogP contribution in [-0.4, -0.2) is 111 Å². The molecule has 6 atom stereocenters. The van der Waals surface area contributed by atoms with Crippen LogP contribution in [0.2, 0.25) is 0 Å². The van der Waals surface area contributed by atoms with E-state index in [0.717, 1.165) is 68.7 Å². The number of imidazole rings is 1. The Hall–Kier alpha value is -4.89. The third kappa shape index (κ3) is 8.93. The van der Waals surface area contributed by atoms with Crippen molar-refractivity contribution >= 4 is 45.6 Å². The first-order chi connectivity index (χ1) is 28.9. The first-order valence-corrected chi connectivity index (χ1v) is 21.9. The lowest BCUT2D eigenvalue weighted by Crippen LogP contribution is -2.56. The molecule has 5 N–H and O–H groups in total. The van der Waals surface area contributed by atoms with Crippen LogP contribution in [0.15, 0.2) is 36.4 Å². The Morgan fingerprint density at radius 2 is 1.43 bits per heavy atom. The number of likely N-dealkylation sites (N-methyl/N-ethyl adjacent to an activating group) is 2. The molecule has 2 aromatic heterocycles. The molecular weight excluding hydrogens is 769 g/mol. The summed E-state index contributed by atoms with van der Waals surface area (Å²) in [4.78, 5) is 67.1. The lowest BCUT2D eigenvalue weighted by molar-refractivity contribution is -0.139. The number of halogens is 2. The zero-order valence-electron chi connectivity index (χ0n) is 35.6. The van der Waals surface area contributed by atoms with E-state index < -0.39 is 35.8 Å². The number of carbonyl (C=O) groups is 4. The average Bonchev–Trinajstić information content (AvgIpc) is 4.07. The second kappa shape index (κ2) is 18.8. The van der Waals surface area contributed by atoms with Crippen molar-refractivity contribution in [3.63, 3.8) is 0 Å². The SMILES string of the molecule is CC[C@H](NC(=O)[C@H](C)NC)C(=O)N1CCC[C@H]1Cc1c(-c2nc3cc(F)ccc3n2C[C@@H]2CCCN2C(=O)[C@@H](NC(=O)[C@H](C)NC)C2CCCCC2)[nH]c2cc(F)ccc12. The highest BCUT2D eigenvalue weighted by molar-refractivity contribution is 5.93. The number of hydrogen-bond acceptors (Lipinski definition) is 7. The van der Waals surface area contributed by atoms with Crippen LogP contribution < -0.4 is 21.3 Å². The molecule has 4 heterocycles. The molecule has 1 saturated carbocycles. The van der Waals surface area contributed by atoms with Gasteiger partial charge >= 0.3 is 0 Å². The van der Waals surface area contributed by atoms with E-state index in [9.17, 15) is 28.0 Å². The topological polar surface area (TPSA) is 156 Å². The molecule has 0 spiro atoms. The number of aromatic amines is 1. The Bertz CT molecular complexity index is 2200. The number of likely N-dealkylation sites (tertiary alicyclic amines) is 2. The molecule has 0 radical (unpaired) electrons. The molecule has 4 aromatic rings. The number of benzene rings is 2. The van der Waals surface area contributed by atoms with Crippen molar-refractivity contribution in [1.29, 1.82) is 0 Å². The minimum atomic E-state index is -0.681. The molecule has 60 heavy (non-hydrogen) atoms. The molecule has 3 fully saturated rings. The van der Waals surface area contributed by atoms with E-state index in [4.69, 9.17) is 4.98 Å². The minimum Gasteiger partial charge on any atom is -0.352 e. The van der Waals surface area contributed by atoms with Crippen molar-refractivity contribution in [2.45, 2.75) is 134 Å². The molecule has 4 amide bonds. The van der Waals surface area contributed by atoms with E-state index in [0.29, 0.717) is 60.5 Å². The third-order valence-corrected chi connectivity index (χ3v) is 13.3. The first kappa shape index (κ1) is 43.2. The smallest absolute Gasteiger partial charge is 0.245 e. The van der Waals surface area contributed by atoms with Crippen molar-refractivity contribution in [1.82, 2.24) is 45.6 Å². The highest BCUT2D eigenvalue weighted by Crippen LogP contribution is 2.37.